The maximum Gasteiger partial charge on any atom is 0.351 e. The molecule has 4 N–H and O–H groups in total. The molecule has 0 aliphatic heterocycles. The number of rotatable bonds is 10. The van der Waals surface area contributed by atoms with Gasteiger partial charge >= 0.3 is 17.9 Å². The fourth-order valence-corrected chi connectivity index (χ4v) is 1.42. The van der Waals surface area contributed by atoms with E-state index in [1.165, 1.54) is 0 Å². The molecule has 0 bridgehead atoms. The van der Waals surface area contributed by atoms with Crippen LogP contribution in [0.5, 0.6) is 0 Å². The first kappa shape index (κ1) is 17.8. The van der Waals surface area contributed by atoms with E-state index in [9.17, 15) is 24.9 Å². The smallest absolute Gasteiger partial charge is 0.351 e. The molecule has 1 atom stereocenters. The van der Waals surface area contributed by atoms with Gasteiger partial charge in [-0.2, -0.15) is 0 Å². The highest BCUT2D eigenvalue weighted by molar-refractivity contribution is 5.70. The zero-order chi connectivity index (χ0) is 14.9. The maximum atomic E-state index is 11.3. The lowest BCUT2D eigenvalue weighted by Crippen LogP contribution is -2.46. The second-order valence-electron chi connectivity index (χ2n) is 4.39. The molecule has 0 heterocycles. The van der Waals surface area contributed by atoms with Gasteiger partial charge in [0.15, 0.2) is 0 Å². The zero-order valence-corrected chi connectivity index (χ0v) is 11.0. The maximum absolute atomic E-state index is 11.3. The average Bonchev–Trinajstić information content (AvgIpc) is 2.30. The van der Waals surface area contributed by atoms with Crippen LogP contribution in [-0.2, 0) is 14.3 Å². The summed E-state index contributed by atoms with van der Waals surface area (Å²) in [7, 11) is 0. The molecule has 19 heavy (non-hydrogen) atoms. The number of carboxylic acids is 1. The number of aliphatic carboxylic acids is 1. The van der Waals surface area contributed by atoms with Crippen molar-refractivity contribution in [3.8, 4) is 0 Å². The monoisotopic (exact) mass is 278 g/mol. The van der Waals surface area contributed by atoms with E-state index in [1.54, 1.807) is 0 Å². The largest absolute Gasteiger partial charge is 0.481 e. The lowest BCUT2D eigenvalue weighted by Gasteiger charge is -2.26. The summed E-state index contributed by atoms with van der Waals surface area (Å²) in [4.78, 5) is 21.5. The molecule has 0 aliphatic carbocycles. The van der Waals surface area contributed by atoms with Gasteiger partial charge in [0, 0.05) is 12.8 Å². The summed E-state index contributed by atoms with van der Waals surface area (Å²) in [5.41, 5.74) is 0. The van der Waals surface area contributed by atoms with Crippen LogP contribution in [0.3, 0.4) is 0 Å². The highest BCUT2D eigenvalue weighted by Gasteiger charge is 2.37. The first-order chi connectivity index (χ1) is 8.79. The third-order valence-electron chi connectivity index (χ3n) is 2.55. The highest BCUT2D eigenvalue weighted by atomic mass is 16.8. The zero-order valence-electron chi connectivity index (χ0n) is 11.0. The van der Waals surface area contributed by atoms with Gasteiger partial charge in [0.25, 0.3) is 0 Å². The van der Waals surface area contributed by atoms with Gasteiger partial charge in [0.05, 0.1) is 0 Å². The van der Waals surface area contributed by atoms with Crippen LogP contribution in [0.1, 0.15) is 51.9 Å². The van der Waals surface area contributed by atoms with Gasteiger partial charge < -0.3 is 25.2 Å². The quantitative estimate of drug-likeness (QED) is 0.258. The van der Waals surface area contributed by atoms with Crippen molar-refractivity contribution in [2.45, 2.75) is 63.9 Å². The van der Waals surface area contributed by atoms with Crippen molar-refractivity contribution in [3.63, 3.8) is 0 Å². The number of carboxylic acid groups (broad SMARTS) is 1. The molecule has 0 spiro atoms. The second kappa shape index (κ2) is 8.84. The van der Waals surface area contributed by atoms with E-state index >= 15 is 0 Å². The number of hydrogen-bond acceptors (Lipinski definition) is 6. The van der Waals surface area contributed by atoms with Crippen LogP contribution in [0.25, 0.3) is 0 Å². The number of aliphatic hydroxyl groups is 3. The van der Waals surface area contributed by atoms with Crippen LogP contribution in [0.2, 0.25) is 0 Å². The van der Waals surface area contributed by atoms with Gasteiger partial charge in [0.1, 0.15) is 6.10 Å². The fraction of sp³-hybridized carbons (Fsp3) is 0.833. The summed E-state index contributed by atoms with van der Waals surface area (Å²) in [6.45, 7) is 1.87. The normalized spacial score (nSPS) is 13.1. The minimum atomic E-state index is -2.89. The van der Waals surface area contributed by atoms with E-state index in [-0.39, 0.29) is 25.7 Å². The molecule has 112 valence electrons. The molecule has 0 saturated heterocycles. The Morgan fingerprint density at radius 2 is 1.74 bits per heavy atom. The SMILES string of the molecule is CCCCC(O)C(O)(O)OC(=O)CCCCC(=O)O. The van der Waals surface area contributed by atoms with E-state index in [1.807, 2.05) is 6.92 Å². The number of ether oxygens (including phenoxy) is 1. The van der Waals surface area contributed by atoms with Crippen LogP contribution in [0.4, 0.5) is 0 Å². The molecule has 0 aromatic heterocycles. The third kappa shape index (κ3) is 8.52. The van der Waals surface area contributed by atoms with Gasteiger partial charge in [-0.3, -0.25) is 9.59 Å². The molecule has 0 aliphatic rings. The van der Waals surface area contributed by atoms with E-state index in [0.29, 0.717) is 12.8 Å². The van der Waals surface area contributed by atoms with Crippen molar-refractivity contribution in [2.24, 2.45) is 0 Å². The van der Waals surface area contributed by atoms with Crippen molar-refractivity contribution < 1.29 is 34.8 Å². The van der Waals surface area contributed by atoms with Crippen LogP contribution < -0.4 is 0 Å². The predicted octanol–water partition coefficient (Wildman–Crippen LogP) is 0.364. The highest BCUT2D eigenvalue weighted by Crippen LogP contribution is 2.16. The van der Waals surface area contributed by atoms with Crippen molar-refractivity contribution in [1.82, 2.24) is 0 Å². The van der Waals surface area contributed by atoms with Crippen molar-refractivity contribution in [3.05, 3.63) is 0 Å². The molecule has 0 radical (unpaired) electrons. The molecule has 0 aromatic carbocycles. The topological polar surface area (TPSA) is 124 Å². The molecular weight excluding hydrogens is 256 g/mol. The van der Waals surface area contributed by atoms with Gasteiger partial charge in [-0.05, 0) is 19.3 Å². The van der Waals surface area contributed by atoms with Crippen molar-refractivity contribution >= 4 is 11.9 Å². The molecule has 0 amide bonds. The Hall–Kier alpha value is -1.18. The van der Waals surface area contributed by atoms with E-state index in [0.717, 1.165) is 6.42 Å². The summed E-state index contributed by atoms with van der Waals surface area (Å²) in [6.07, 6.45) is 0.257. The third-order valence-corrected chi connectivity index (χ3v) is 2.55. The summed E-state index contributed by atoms with van der Waals surface area (Å²) < 4.78 is 4.38. The Balaban J connectivity index is 3.97. The summed E-state index contributed by atoms with van der Waals surface area (Å²) in [6, 6.07) is 0. The Bertz CT molecular complexity index is 288. The van der Waals surface area contributed by atoms with Gasteiger partial charge in [-0.25, -0.2) is 0 Å². The lowest BCUT2D eigenvalue weighted by atomic mass is 10.1. The van der Waals surface area contributed by atoms with Crippen LogP contribution in [-0.4, -0.2) is 44.4 Å². The molecule has 0 aromatic rings. The molecule has 7 heteroatoms. The predicted molar refractivity (Wildman–Crippen MR) is 64.9 cm³/mol. The number of carbonyl (C=O) groups excluding carboxylic acids is 1. The minimum absolute atomic E-state index is 0.0597. The lowest BCUT2D eigenvalue weighted by molar-refractivity contribution is -0.358. The number of hydrogen-bond donors (Lipinski definition) is 4. The number of aliphatic hydroxyl groups excluding tert-OH is 1. The molecule has 1 unspecified atom stereocenters. The summed E-state index contributed by atoms with van der Waals surface area (Å²) in [5.74, 6) is -4.73. The molecule has 7 nitrogen and oxygen atoms in total. The average molecular weight is 278 g/mol. The fourth-order valence-electron chi connectivity index (χ4n) is 1.42. The number of carbonyl (C=O) groups is 2. The van der Waals surface area contributed by atoms with Crippen molar-refractivity contribution in [2.75, 3.05) is 0 Å². The van der Waals surface area contributed by atoms with Gasteiger partial charge in [-0.15, -0.1) is 0 Å². The standard InChI is InChI=1S/C12H22O7/c1-2-3-6-9(13)12(17,18)19-11(16)8-5-4-7-10(14)15/h9,13,17-18H,2-8H2,1H3,(H,14,15). The Kier molecular flexibility index (Phi) is 8.29. The van der Waals surface area contributed by atoms with Crippen LogP contribution in [0, 0.1) is 0 Å². The molecular formula is C12H22O7. The van der Waals surface area contributed by atoms with Crippen molar-refractivity contribution in [1.29, 1.82) is 0 Å². The van der Waals surface area contributed by atoms with E-state index in [4.69, 9.17) is 5.11 Å². The van der Waals surface area contributed by atoms with Gasteiger partial charge in [0.2, 0.25) is 0 Å². The first-order valence-corrected chi connectivity index (χ1v) is 6.36. The second-order valence-corrected chi connectivity index (χ2v) is 4.39. The molecule has 0 fully saturated rings. The Morgan fingerprint density at radius 1 is 1.16 bits per heavy atom. The Morgan fingerprint density at radius 3 is 2.26 bits per heavy atom. The number of esters is 1. The Labute approximate surface area is 111 Å². The molecule has 0 rings (SSSR count). The summed E-state index contributed by atoms with van der Waals surface area (Å²) in [5, 5.41) is 36.6. The number of unbranched alkanes of at least 4 members (excludes halogenated alkanes) is 2. The minimum Gasteiger partial charge on any atom is -0.481 e. The van der Waals surface area contributed by atoms with E-state index < -0.39 is 24.0 Å². The molecule has 0 saturated carbocycles. The summed E-state index contributed by atoms with van der Waals surface area (Å²) >= 11 is 0. The van der Waals surface area contributed by atoms with Gasteiger partial charge in [-0.1, -0.05) is 19.8 Å². The van der Waals surface area contributed by atoms with Crippen LogP contribution >= 0.6 is 0 Å². The van der Waals surface area contributed by atoms with Crippen LogP contribution in [0.15, 0.2) is 0 Å². The first-order valence-electron chi connectivity index (χ1n) is 6.36. The van der Waals surface area contributed by atoms with E-state index in [2.05, 4.69) is 4.74 Å².